The summed E-state index contributed by atoms with van der Waals surface area (Å²) in [4.78, 5) is 19.2. The summed E-state index contributed by atoms with van der Waals surface area (Å²) in [5.74, 6) is -0.0673. The normalized spacial score (nSPS) is 16.5. The molecule has 1 aliphatic heterocycles. The highest BCUT2D eigenvalue weighted by atomic mass is 35.5. The molecule has 1 aliphatic rings. The van der Waals surface area contributed by atoms with E-state index in [1.165, 1.54) is 0 Å². The third-order valence-electron chi connectivity index (χ3n) is 4.00. The molecule has 4 nitrogen and oxygen atoms in total. The van der Waals surface area contributed by atoms with Crippen molar-refractivity contribution in [1.29, 1.82) is 0 Å². The second-order valence-corrected chi connectivity index (χ2v) is 5.94. The van der Waals surface area contributed by atoms with E-state index in [0.29, 0.717) is 10.6 Å². The molecule has 24 heavy (non-hydrogen) atoms. The van der Waals surface area contributed by atoms with Crippen LogP contribution in [0, 0.1) is 0 Å². The molecule has 0 bridgehead atoms. The molecule has 2 aromatic carbocycles. The lowest BCUT2D eigenvalue weighted by atomic mass is 10.0. The van der Waals surface area contributed by atoms with Crippen LogP contribution < -0.4 is 10.2 Å². The summed E-state index contributed by atoms with van der Waals surface area (Å²) >= 11 is 5.99. The summed E-state index contributed by atoms with van der Waals surface area (Å²) < 4.78 is 0. The summed E-state index contributed by atoms with van der Waals surface area (Å²) in [6.45, 7) is 0. The number of nitrogens with one attached hydrogen (secondary N) is 1. The van der Waals surface area contributed by atoms with Crippen LogP contribution in [-0.4, -0.2) is 10.9 Å². The Morgan fingerprint density at radius 1 is 0.958 bits per heavy atom. The van der Waals surface area contributed by atoms with Gasteiger partial charge in [-0.15, -0.1) is 0 Å². The van der Waals surface area contributed by atoms with Gasteiger partial charge in [-0.2, -0.15) is 0 Å². The SMILES string of the molecule is O=C1c2ccccc2N[C@H](c2ccccn2)N1c1ccc(Cl)cc1. The van der Waals surface area contributed by atoms with Crippen molar-refractivity contribution in [2.45, 2.75) is 6.17 Å². The van der Waals surface area contributed by atoms with Gasteiger partial charge in [0.2, 0.25) is 0 Å². The molecule has 3 aromatic rings. The fraction of sp³-hybridized carbons (Fsp3) is 0.0526. The van der Waals surface area contributed by atoms with Crippen LogP contribution in [0.3, 0.4) is 0 Å². The Labute approximate surface area is 144 Å². The third kappa shape index (κ3) is 2.51. The summed E-state index contributed by atoms with van der Waals surface area (Å²) in [7, 11) is 0. The van der Waals surface area contributed by atoms with Crippen molar-refractivity contribution >= 4 is 28.9 Å². The molecule has 0 unspecified atom stereocenters. The average molecular weight is 336 g/mol. The maximum Gasteiger partial charge on any atom is 0.262 e. The van der Waals surface area contributed by atoms with Gasteiger partial charge >= 0.3 is 0 Å². The summed E-state index contributed by atoms with van der Waals surface area (Å²) in [5.41, 5.74) is 2.99. The summed E-state index contributed by atoms with van der Waals surface area (Å²) in [5, 5.41) is 4.05. The van der Waals surface area contributed by atoms with Gasteiger partial charge in [-0.25, -0.2) is 0 Å². The van der Waals surface area contributed by atoms with Gasteiger partial charge in [0.25, 0.3) is 5.91 Å². The third-order valence-corrected chi connectivity index (χ3v) is 4.25. The molecule has 0 fully saturated rings. The van der Waals surface area contributed by atoms with E-state index in [2.05, 4.69) is 10.3 Å². The number of amides is 1. The zero-order valence-corrected chi connectivity index (χ0v) is 13.4. The Hall–Kier alpha value is -2.85. The number of benzene rings is 2. The van der Waals surface area contributed by atoms with E-state index in [9.17, 15) is 4.79 Å². The minimum atomic E-state index is -0.380. The maximum atomic E-state index is 13.1. The van der Waals surface area contributed by atoms with Gasteiger partial charge in [-0.05, 0) is 48.5 Å². The number of nitrogens with zero attached hydrogens (tertiary/aromatic N) is 2. The van der Waals surface area contributed by atoms with E-state index in [0.717, 1.165) is 17.1 Å². The van der Waals surface area contributed by atoms with Crippen molar-refractivity contribution in [3.05, 3.63) is 89.2 Å². The molecule has 2 heterocycles. The van der Waals surface area contributed by atoms with E-state index >= 15 is 0 Å². The van der Waals surface area contributed by atoms with Crippen LogP contribution in [-0.2, 0) is 0 Å². The van der Waals surface area contributed by atoms with Gasteiger partial charge < -0.3 is 5.32 Å². The first-order valence-electron chi connectivity index (χ1n) is 7.60. The van der Waals surface area contributed by atoms with Crippen LogP contribution in [0.4, 0.5) is 11.4 Å². The van der Waals surface area contributed by atoms with E-state index in [1.54, 1.807) is 23.2 Å². The number of carbonyl (C=O) groups is 1. The lowest BCUT2D eigenvalue weighted by Gasteiger charge is -2.37. The van der Waals surface area contributed by atoms with Gasteiger partial charge in [-0.1, -0.05) is 29.8 Å². The fourth-order valence-electron chi connectivity index (χ4n) is 2.87. The van der Waals surface area contributed by atoms with E-state index in [4.69, 9.17) is 11.6 Å². The van der Waals surface area contributed by atoms with Gasteiger partial charge in [-0.3, -0.25) is 14.7 Å². The Morgan fingerprint density at radius 3 is 2.46 bits per heavy atom. The second kappa shape index (κ2) is 5.98. The molecule has 0 radical (unpaired) electrons. The standard InChI is InChI=1S/C19H14ClN3O/c20-13-8-10-14(11-9-13)23-18(17-7-3-4-12-21-17)22-16-6-2-1-5-15(16)19(23)24/h1-12,18,22H/t18-/m0/s1. The predicted octanol–water partition coefficient (Wildman–Crippen LogP) is 4.51. The maximum absolute atomic E-state index is 13.1. The molecule has 0 aliphatic carbocycles. The van der Waals surface area contributed by atoms with Crippen LogP contribution in [0.2, 0.25) is 5.02 Å². The van der Waals surface area contributed by atoms with Crippen LogP contribution in [0.5, 0.6) is 0 Å². The molecule has 5 heteroatoms. The highest BCUT2D eigenvalue weighted by molar-refractivity contribution is 6.30. The van der Waals surface area contributed by atoms with Gasteiger partial charge in [0.15, 0.2) is 6.17 Å². The Bertz CT molecular complexity index is 881. The Morgan fingerprint density at radius 2 is 1.71 bits per heavy atom. The number of anilines is 2. The van der Waals surface area contributed by atoms with E-state index in [1.807, 2.05) is 54.6 Å². The number of halogens is 1. The number of para-hydroxylation sites is 1. The first-order chi connectivity index (χ1) is 11.7. The molecule has 1 atom stereocenters. The van der Waals surface area contributed by atoms with Crippen molar-refractivity contribution < 1.29 is 4.79 Å². The van der Waals surface area contributed by atoms with Crippen LogP contribution in [0.15, 0.2) is 72.9 Å². The highest BCUT2D eigenvalue weighted by Gasteiger charge is 2.34. The number of fused-ring (bicyclic) bond motifs is 1. The molecule has 4 rings (SSSR count). The van der Waals surface area contributed by atoms with Crippen molar-refractivity contribution in [3.8, 4) is 0 Å². The molecular formula is C19H14ClN3O. The fourth-order valence-corrected chi connectivity index (χ4v) is 2.99. The lowest BCUT2D eigenvalue weighted by Crippen LogP contribution is -2.43. The van der Waals surface area contributed by atoms with Gasteiger partial charge in [0.1, 0.15) is 0 Å². The van der Waals surface area contributed by atoms with Gasteiger partial charge in [0, 0.05) is 22.6 Å². The second-order valence-electron chi connectivity index (χ2n) is 5.50. The minimum Gasteiger partial charge on any atom is -0.359 e. The first-order valence-corrected chi connectivity index (χ1v) is 7.97. The number of hydrogen-bond acceptors (Lipinski definition) is 3. The zero-order valence-electron chi connectivity index (χ0n) is 12.7. The number of rotatable bonds is 2. The molecule has 0 saturated carbocycles. The quantitative estimate of drug-likeness (QED) is 0.749. The average Bonchev–Trinajstić information content (AvgIpc) is 2.63. The van der Waals surface area contributed by atoms with Crippen LogP contribution >= 0.6 is 11.6 Å². The molecule has 1 aromatic heterocycles. The molecule has 118 valence electrons. The molecular weight excluding hydrogens is 322 g/mol. The first kappa shape index (κ1) is 14.7. The molecule has 1 N–H and O–H groups in total. The number of pyridine rings is 1. The van der Waals surface area contributed by atoms with Gasteiger partial charge in [0.05, 0.1) is 11.3 Å². The minimum absolute atomic E-state index is 0.0673. The topological polar surface area (TPSA) is 45.2 Å². The van der Waals surface area contributed by atoms with Crippen molar-refractivity contribution in [1.82, 2.24) is 4.98 Å². The molecule has 1 amide bonds. The Balaban J connectivity index is 1.86. The van der Waals surface area contributed by atoms with Crippen LogP contribution in [0.1, 0.15) is 22.2 Å². The lowest BCUT2D eigenvalue weighted by molar-refractivity contribution is 0.0974. The Kier molecular flexibility index (Phi) is 3.67. The number of hydrogen-bond donors (Lipinski definition) is 1. The van der Waals surface area contributed by atoms with E-state index in [-0.39, 0.29) is 12.1 Å². The molecule has 0 saturated heterocycles. The van der Waals surface area contributed by atoms with Crippen molar-refractivity contribution in [3.63, 3.8) is 0 Å². The largest absolute Gasteiger partial charge is 0.359 e. The summed E-state index contributed by atoms with van der Waals surface area (Å²) in [6.07, 6.45) is 1.34. The van der Waals surface area contributed by atoms with E-state index < -0.39 is 0 Å². The van der Waals surface area contributed by atoms with Crippen LogP contribution in [0.25, 0.3) is 0 Å². The molecule has 0 spiro atoms. The monoisotopic (exact) mass is 335 g/mol. The van der Waals surface area contributed by atoms with Crippen molar-refractivity contribution in [2.24, 2.45) is 0 Å². The summed E-state index contributed by atoms with van der Waals surface area (Å²) in [6, 6.07) is 20.4. The zero-order chi connectivity index (χ0) is 16.5. The smallest absolute Gasteiger partial charge is 0.262 e. The highest BCUT2D eigenvalue weighted by Crippen LogP contribution is 2.36. The number of aromatic nitrogens is 1. The number of carbonyl (C=O) groups excluding carboxylic acids is 1. The predicted molar refractivity (Wildman–Crippen MR) is 95.3 cm³/mol. The van der Waals surface area contributed by atoms with Crippen molar-refractivity contribution in [2.75, 3.05) is 10.2 Å².